The number of ether oxygens (including phenoxy) is 2. The first-order chi connectivity index (χ1) is 11.6. The third-order valence-corrected chi connectivity index (χ3v) is 5.44. The first-order valence-corrected chi connectivity index (χ1v) is 8.46. The maximum Gasteiger partial charge on any atom is 0.312 e. The predicted octanol–water partition coefficient (Wildman–Crippen LogP) is 2.09. The summed E-state index contributed by atoms with van der Waals surface area (Å²) in [5.74, 6) is -1.36. The molecule has 3 heterocycles. The zero-order valence-corrected chi connectivity index (χ0v) is 13.8. The van der Waals surface area contributed by atoms with Crippen molar-refractivity contribution in [2.45, 2.75) is 31.6 Å². The van der Waals surface area contributed by atoms with Crippen molar-refractivity contribution in [3.8, 4) is 0 Å². The lowest BCUT2D eigenvalue weighted by molar-refractivity contribution is -0.153. The van der Waals surface area contributed by atoms with Gasteiger partial charge in [0.05, 0.1) is 31.2 Å². The first-order valence-electron chi connectivity index (χ1n) is 8.46. The van der Waals surface area contributed by atoms with Crippen LogP contribution >= 0.6 is 0 Å². The Morgan fingerprint density at radius 3 is 2.88 bits per heavy atom. The second-order valence-corrected chi connectivity index (χ2v) is 6.70. The molecule has 0 aromatic heterocycles. The Labute approximate surface area is 141 Å². The molecule has 2 bridgehead atoms. The molecule has 0 unspecified atom stereocenters. The number of hydrogen-bond acceptors (Lipinski definition) is 4. The Kier molecular flexibility index (Phi) is 3.49. The van der Waals surface area contributed by atoms with Crippen LogP contribution < -0.4 is 0 Å². The maximum atomic E-state index is 13.1. The van der Waals surface area contributed by atoms with Crippen molar-refractivity contribution < 1.29 is 19.1 Å². The highest BCUT2D eigenvalue weighted by Crippen LogP contribution is 2.53. The second kappa shape index (κ2) is 5.45. The fourth-order valence-corrected chi connectivity index (χ4v) is 4.27. The molecule has 4 rings (SSSR count). The smallest absolute Gasteiger partial charge is 0.312 e. The predicted molar refractivity (Wildman–Crippen MR) is 86.9 cm³/mol. The van der Waals surface area contributed by atoms with Gasteiger partial charge >= 0.3 is 5.97 Å². The average Bonchev–Trinajstić information content (AvgIpc) is 3.23. The summed E-state index contributed by atoms with van der Waals surface area (Å²) in [6.07, 6.45) is 3.53. The highest BCUT2D eigenvalue weighted by molar-refractivity contribution is 5.91. The summed E-state index contributed by atoms with van der Waals surface area (Å²) < 4.78 is 11.3. The minimum Gasteiger partial charge on any atom is -0.466 e. The van der Waals surface area contributed by atoms with Gasteiger partial charge < -0.3 is 14.4 Å². The number of carbonyl (C=O) groups is 2. The van der Waals surface area contributed by atoms with E-state index in [1.165, 1.54) is 0 Å². The molecule has 5 nitrogen and oxygen atoms in total. The summed E-state index contributed by atoms with van der Waals surface area (Å²) in [7, 11) is 0. The minimum atomic E-state index is -0.678. The van der Waals surface area contributed by atoms with Gasteiger partial charge in [0.15, 0.2) is 0 Å². The molecule has 5 heteroatoms. The zero-order chi connectivity index (χ0) is 16.9. The van der Waals surface area contributed by atoms with Crippen LogP contribution in [-0.4, -0.2) is 41.6 Å². The Hall–Kier alpha value is -2.14. The molecule has 2 saturated heterocycles. The van der Waals surface area contributed by atoms with Crippen molar-refractivity contribution in [3.63, 3.8) is 0 Å². The van der Waals surface area contributed by atoms with Crippen LogP contribution in [0.15, 0.2) is 42.5 Å². The van der Waals surface area contributed by atoms with Gasteiger partial charge in [0.25, 0.3) is 0 Å². The van der Waals surface area contributed by atoms with Gasteiger partial charge in [0.2, 0.25) is 5.91 Å². The van der Waals surface area contributed by atoms with E-state index in [4.69, 9.17) is 9.47 Å². The Morgan fingerprint density at radius 2 is 2.17 bits per heavy atom. The van der Waals surface area contributed by atoms with Crippen LogP contribution in [0, 0.1) is 11.8 Å². The van der Waals surface area contributed by atoms with E-state index in [0.717, 1.165) is 5.56 Å². The van der Waals surface area contributed by atoms with Gasteiger partial charge in [0, 0.05) is 0 Å². The average molecular weight is 327 g/mol. The Balaban J connectivity index is 1.64. The molecule has 24 heavy (non-hydrogen) atoms. The third-order valence-electron chi connectivity index (χ3n) is 5.44. The van der Waals surface area contributed by atoms with E-state index < -0.39 is 17.4 Å². The zero-order valence-electron chi connectivity index (χ0n) is 13.8. The number of amides is 1. The van der Waals surface area contributed by atoms with Gasteiger partial charge in [-0.25, -0.2) is 0 Å². The summed E-state index contributed by atoms with van der Waals surface area (Å²) in [6.45, 7) is 4.58. The van der Waals surface area contributed by atoms with E-state index in [1.54, 1.807) is 6.92 Å². The molecule has 1 aromatic rings. The second-order valence-electron chi connectivity index (χ2n) is 6.70. The molecule has 0 saturated carbocycles. The Morgan fingerprint density at radius 1 is 1.42 bits per heavy atom. The lowest BCUT2D eigenvalue weighted by atomic mass is 9.77. The van der Waals surface area contributed by atoms with Gasteiger partial charge in [-0.05, 0) is 19.4 Å². The lowest BCUT2D eigenvalue weighted by Gasteiger charge is -2.27. The number of esters is 1. The van der Waals surface area contributed by atoms with Crippen molar-refractivity contribution in [2.75, 3.05) is 13.2 Å². The normalized spacial score (nSPS) is 34.5. The van der Waals surface area contributed by atoms with Crippen LogP contribution in [0.4, 0.5) is 0 Å². The van der Waals surface area contributed by atoms with Crippen LogP contribution in [0.3, 0.4) is 0 Å². The summed E-state index contributed by atoms with van der Waals surface area (Å²) in [5, 5.41) is 0. The van der Waals surface area contributed by atoms with Gasteiger partial charge in [-0.1, -0.05) is 42.5 Å². The van der Waals surface area contributed by atoms with E-state index in [9.17, 15) is 9.59 Å². The van der Waals surface area contributed by atoms with Crippen molar-refractivity contribution in [1.82, 2.24) is 4.90 Å². The SMILES string of the molecule is CCOC(=O)[C@H]1[C@H]2C(=O)N([C@@H](C)c3ccccc3)C[C@]23C=C[C@H]1O3. The van der Waals surface area contributed by atoms with Crippen LogP contribution in [0.1, 0.15) is 25.5 Å². The van der Waals surface area contributed by atoms with E-state index >= 15 is 0 Å². The standard InChI is InChI=1S/C19H21NO4/c1-3-23-18(22)15-14-9-10-19(24-14)11-20(17(21)16(15)19)12(2)13-7-5-4-6-8-13/h4-10,12,14-16H,3,11H2,1-2H3/t12-,14+,15+,16-,19+/m0/s1. The largest absolute Gasteiger partial charge is 0.466 e. The summed E-state index contributed by atoms with van der Waals surface area (Å²) in [6, 6.07) is 9.86. The molecule has 0 N–H and O–H groups in total. The van der Waals surface area contributed by atoms with Crippen molar-refractivity contribution in [3.05, 3.63) is 48.0 Å². The molecule has 2 fully saturated rings. The summed E-state index contributed by atoms with van der Waals surface area (Å²) >= 11 is 0. The van der Waals surface area contributed by atoms with Crippen LogP contribution in [-0.2, 0) is 19.1 Å². The quantitative estimate of drug-likeness (QED) is 0.628. The van der Waals surface area contributed by atoms with Crippen molar-refractivity contribution in [1.29, 1.82) is 0 Å². The molecule has 3 aliphatic rings. The molecular formula is C19H21NO4. The van der Waals surface area contributed by atoms with Crippen molar-refractivity contribution in [2.24, 2.45) is 11.8 Å². The molecule has 126 valence electrons. The van der Waals surface area contributed by atoms with E-state index in [1.807, 2.05) is 54.3 Å². The summed E-state index contributed by atoms with van der Waals surface area (Å²) in [5.41, 5.74) is 0.399. The number of benzene rings is 1. The minimum absolute atomic E-state index is 0.0174. The lowest BCUT2D eigenvalue weighted by Crippen LogP contribution is -2.40. The van der Waals surface area contributed by atoms with Crippen LogP contribution in [0.2, 0.25) is 0 Å². The fraction of sp³-hybridized carbons (Fsp3) is 0.474. The summed E-state index contributed by atoms with van der Waals surface area (Å²) in [4.78, 5) is 27.3. The molecular weight excluding hydrogens is 306 g/mol. The number of carbonyl (C=O) groups excluding carboxylic acids is 2. The van der Waals surface area contributed by atoms with E-state index in [0.29, 0.717) is 13.2 Å². The molecule has 3 aliphatic heterocycles. The molecule has 1 aromatic carbocycles. The Bertz CT molecular complexity index is 701. The first kappa shape index (κ1) is 15.4. The van der Waals surface area contributed by atoms with Gasteiger partial charge in [-0.3, -0.25) is 9.59 Å². The number of hydrogen-bond donors (Lipinski definition) is 0. The molecule has 1 spiro atoms. The van der Waals surface area contributed by atoms with Gasteiger partial charge in [-0.15, -0.1) is 0 Å². The molecule has 0 aliphatic carbocycles. The van der Waals surface area contributed by atoms with E-state index in [-0.39, 0.29) is 24.0 Å². The monoisotopic (exact) mass is 327 g/mol. The maximum absolute atomic E-state index is 13.1. The molecule has 1 amide bonds. The van der Waals surface area contributed by atoms with E-state index in [2.05, 4.69) is 0 Å². The number of rotatable bonds is 4. The van der Waals surface area contributed by atoms with Gasteiger partial charge in [-0.2, -0.15) is 0 Å². The van der Waals surface area contributed by atoms with Gasteiger partial charge in [0.1, 0.15) is 11.5 Å². The number of nitrogens with zero attached hydrogens (tertiary/aromatic N) is 1. The number of likely N-dealkylation sites (tertiary alicyclic amines) is 1. The van der Waals surface area contributed by atoms with Crippen molar-refractivity contribution >= 4 is 11.9 Å². The fourth-order valence-electron chi connectivity index (χ4n) is 4.27. The highest BCUT2D eigenvalue weighted by atomic mass is 16.6. The molecule has 5 atom stereocenters. The van der Waals surface area contributed by atoms with Crippen LogP contribution in [0.25, 0.3) is 0 Å². The third kappa shape index (κ3) is 2.04. The topological polar surface area (TPSA) is 55.8 Å². The highest BCUT2D eigenvalue weighted by Gasteiger charge is 2.67. The number of fused-ring (bicyclic) bond motifs is 1. The molecule has 0 radical (unpaired) electrons. The van der Waals surface area contributed by atoms with Crippen LogP contribution in [0.5, 0.6) is 0 Å².